The van der Waals surface area contributed by atoms with Gasteiger partial charge in [0.1, 0.15) is 0 Å². The average Bonchev–Trinajstić information content (AvgIpc) is 2.43. The molecule has 1 aromatic rings. The average molecular weight is 284 g/mol. The molecular formula is C13H20N2O5. The van der Waals surface area contributed by atoms with Gasteiger partial charge in [-0.3, -0.25) is 10.1 Å². The van der Waals surface area contributed by atoms with Crippen molar-refractivity contribution in [2.75, 3.05) is 26.8 Å². The Morgan fingerprint density at radius 1 is 1.35 bits per heavy atom. The maximum absolute atomic E-state index is 10.5. The molecule has 7 nitrogen and oxygen atoms in total. The highest BCUT2D eigenvalue weighted by atomic mass is 16.6. The number of non-ortho nitro benzene ring substituents is 1. The van der Waals surface area contributed by atoms with Crippen molar-refractivity contribution in [1.82, 2.24) is 5.32 Å². The first-order valence-corrected chi connectivity index (χ1v) is 6.34. The van der Waals surface area contributed by atoms with Crippen LogP contribution in [0.2, 0.25) is 0 Å². The van der Waals surface area contributed by atoms with Crippen LogP contribution in [0.15, 0.2) is 24.3 Å². The van der Waals surface area contributed by atoms with E-state index in [4.69, 9.17) is 4.74 Å². The number of nitro groups is 1. The molecule has 0 aliphatic carbocycles. The number of nitrogens with zero attached hydrogens (tertiary/aromatic N) is 1. The minimum Gasteiger partial charge on any atom is -0.391 e. The highest BCUT2D eigenvalue weighted by molar-refractivity contribution is 5.33. The SMILES string of the molecule is COCC(O)CCNCC(O)c1ccc([N+](=O)[O-])cc1. The molecule has 0 saturated carbocycles. The van der Waals surface area contributed by atoms with Crippen LogP contribution in [-0.2, 0) is 4.74 Å². The summed E-state index contributed by atoms with van der Waals surface area (Å²) in [5.74, 6) is 0. The van der Waals surface area contributed by atoms with Gasteiger partial charge < -0.3 is 20.3 Å². The van der Waals surface area contributed by atoms with Crippen LogP contribution in [0.1, 0.15) is 18.1 Å². The molecule has 0 bridgehead atoms. The van der Waals surface area contributed by atoms with Crippen LogP contribution in [0.25, 0.3) is 0 Å². The summed E-state index contributed by atoms with van der Waals surface area (Å²) in [4.78, 5) is 10.0. The molecule has 1 aromatic carbocycles. The second kappa shape index (κ2) is 8.60. The molecule has 0 heterocycles. The number of rotatable bonds is 9. The van der Waals surface area contributed by atoms with E-state index in [1.165, 1.54) is 31.4 Å². The van der Waals surface area contributed by atoms with Gasteiger partial charge in [-0.25, -0.2) is 0 Å². The monoisotopic (exact) mass is 284 g/mol. The normalized spacial score (nSPS) is 13.9. The zero-order chi connectivity index (χ0) is 15.0. The molecule has 2 atom stereocenters. The fraction of sp³-hybridized carbons (Fsp3) is 0.538. The van der Waals surface area contributed by atoms with Gasteiger partial charge in [-0.15, -0.1) is 0 Å². The smallest absolute Gasteiger partial charge is 0.269 e. The summed E-state index contributed by atoms with van der Waals surface area (Å²) in [6.07, 6.45) is -0.736. The number of nitrogens with one attached hydrogen (secondary N) is 1. The van der Waals surface area contributed by atoms with E-state index in [1.54, 1.807) is 0 Å². The van der Waals surface area contributed by atoms with Gasteiger partial charge in [0.25, 0.3) is 5.69 Å². The number of aliphatic hydroxyl groups is 2. The molecule has 7 heteroatoms. The van der Waals surface area contributed by atoms with Crippen molar-refractivity contribution in [3.63, 3.8) is 0 Å². The summed E-state index contributed by atoms with van der Waals surface area (Å²) in [7, 11) is 1.52. The van der Waals surface area contributed by atoms with Gasteiger partial charge in [-0.05, 0) is 30.7 Å². The van der Waals surface area contributed by atoms with Crippen molar-refractivity contribution in [2.24, 2.45) is 0 Å². The van der Waals surface area contributed by atoms with E-state index < -0.39 is 17.1 Å². The van der Waals surface area contributed by atoms with Crippen LogP contribution in [0.5, 0.6) is 0 Å². The molecule has 0 aromatic heterocycles. The molecule has 0 fully saturated rings. The number of methoxy groups -OCH3 is 1. The molecule has 20 heavy (non-hydrogen) atoms. The van der Waals surface area contributed by atoms with Gasteiger partial charge in [-0.2, -0.15) is 0 Å². The number of nitro benzene ring substituents is 1. The van der Waals surface area contributed by atoms with Crippen LogP contribution in [-0.4, -0.2) is 48.0 Å². The highest BCUT2D eigenvalue weighted by Gasteiger charge is 2.10. The van der Waals surface area contributed by atoms with E-state index in [0.717, 1.165) is 0 Å². The fourth-order valence-corrected chi connectivity index (χ4v) is 1.72. The Kier molecular flexibility index (Phi) is 7.10. The molecule has 0 amide bonds. The third-order valence-corrected chi connectivity index (χ3v) is 2.84. The number of ether oxygens (including phenoxy) is 1. The summed E-state index contributed by atoms with van der Waals surface area (Å²) < 4.78 is 4.80. The van der Waals surface area contributed by atoms with Crippen LogP contribution in [0.3, 0.4) is 0 Å². The van der Waals surface area contributed by atoms with E-state index in [2.05, 4.69) is 5.32 Å². The maximum Gasteiger partial charge on any atom is 0.269 e. The second-order valence-electron chi connectivity index (χ2n) is 4.47. The predicted octanol–water partition coefficient (Wildman–Crippen LogP) is 0.615. The minimum absolute atomic E-state index is 0.00315. The lowest BCUT2D eigenvalue weighted by molar-refractivity contribution is -0.384. The first-order chi connectivity index (χ1) is 9.54. The Morgan fingerprint density at radius 3 is 2.55 bits per heavy atom. The van der Waals surface area contributed by atoms with Crippen LogP contribution in [0.4, 0.5) is 5.69 Å². The number of benzene rings is 1. The van der Waals surface area contributed by atoms with Gasteiger partial charge in [0.05, 0.1) is 23.7 Å². The van der Waals surface area contributed by atoms with Crippen LogP contribution >= 0.6 is 0 Å². The lowest BCUT2D eigenvalue weighted by Crippen LogP contribution is -2.26. The number of aliphatic hydroxyl groups excluding tert-OH is 2. The first-order valence-electron chi connectivity index (χ1n) is 6.34. The summed E-state index contributed by atoms with van der Waals surface area (Å²) in [6, 6.07) is 5.79. The van der Waals surface area contributed by atoms with Crippen molar-refractivity contribution < 1.29 is 19.9 Å². The van der Waals surface area contributed by atoms with Gasteiger partial charge in [-0.1, -0.05) is 0 Å². The van der Waals surface area contributed by atoms with E-state index in [-0.39, 0.29) is 12.3 Å². The van der Waals surface area contributed by atoms with Crippen molar-refractivity contribution in [1.29, 1.82) is 0 Å². The summed E-state index contributed by atoms with van der Waals surface area (Å²) >= 11 is 0. The Morgan fingerprint density at radius 2 is 2.00 bits per heavy atom. The highest BCUT2D eigenvalue weighted by Crippen LogP contribution is 2.17. The first kappa shape index (κ1) is 16.5. The topological polar surface area (TPSA) is 105 Å². The van der Waals surface area contributed by atoms with Gasteiger partial charge >= 0.3 is 0 Å². The summed E-state index contributed by atoms with van der Waals surface area (Å²) in [5.41, 5.74) is 0.608. The summed E-state index contributed by atoms with van der Waals surface area (Å²) in [5, 5.41) is 32.8. The molecule has 0 aliphatic rings. The molecule has 112 valence electrons. The Labute approximate surface area is 117 Å². The molecule has 3 N–H and O–H groups in total. The lowest BCUT2D eigenvalue weighted by atomic mass is 10.1. The number of hydrogen-bond acceptors (Lipinski definition) is 6. The fourth-order valence-electron chi connectivity index (χ4n) is 1.72. The van der Waals surface area contributed by atoms with E-state index in [9.17, 15) is 20.3 Å². The van der Waals surface area contributed by atoms with Gasteiger partial charge in [0, 0.05) is 25.8 Å². The molecular weight excluding hydrogens is 264 g/mol. The van der Waals surface area contributed by atoms with E-state index in [0.29, 0.717) is 25.1 Å². The predicted molar refractivity (Wildman–Crippen MR) is 73.4 cm³/mol. The van der Waals surface area contributed by atoms with Crippen molar-refractivity contribution in [2.45, 2.75) is 18.6 Å². The Hall–Kier alpha value is -1.54. The minimum atomic E-state index is -0.740. The van der Waals surface area contributed by atoms with Gasteiger partial charge in [0.2, 0.25) is 0 Å². The molecule has 0 radical (unpaired) electrons. The van der Waals surface area contributed by atoms with Gasteiger partial charge in [0.15, 0.2) is 0 Å². The van der Waals surface area contributed by atoms with Crippen LogP contribution in [0, 0.1) is 10.1 Å². The van der Waals surface area contributed by atoms with Crippen molar-refractivity contribution in [3.8, 4) is 0 Å². The molecule has 0 saturated heterocycles. The Bertz CT molecular complexity index is 410. The quantitative estimate of drug-likeness (QED) is 0.349. The zero-order valence-corrected chi connectivity index (χ0v) is 11.4. The zero-order valence-electron chi connectivity index (χ0n) is 11.4. The van der Waals surface area contributed by atoms with Crippen molar-refractivity contribution >= 4 is 5.69 Å². The Balaban J connectivity index is 2.32. The molecule has 0 aliphatic heterocycles. The largest absolute Gasteiger partial charge is 0.391 e. The lowest BCUT2D eigenvalue weighted by Gasteiger charge is -2.13. The third-order valence-electron chi connectivity index (χ3n) is 2.84. The van der Waals surface area contributed by atoms with Crippen LogP contribution < -0.4 is 5.32 Å². The standard InChI is InChI=1S/C13H20N2O5/c1-20-9-12(16)6-7-14-8-13(17)10-2-4-11(5-3-10)15(18)19/h2-5,12-14,16-17H,6-9H2,1H3. The number of hydrogen-bond donors (Lipinski definition) is 3. The van der Waals surface area contributed by atoms with Crippen molar-refractivity contribution in [3.05, 3.63) is 39.9 Å². The third kappa shape index (κ3) is 5.62. The summed E-state index contributed by atoms with van der Waals surface area (Å²) in [6.45, 7) is 1.15. The maximum atomic E-state index is 10.5. The second-order valence-corrected chi connectivity index (χ2v) is 4.47. The van der Waals surface area contributed by atoms with E-state index >= 15 is 0 Å². The molecule has 0 spiro atoms. The van der Waals surface area contributed by atoms with E-state index in [1.807, 2.05) is 0 Å². The molecule has 1 rings (SSSR count). The molecule has 2 unspecified atom stereocenters.